The van der Waals surface area contributed by atoms with E-state index in [0.717, 1.165) is 50.8 Å². The maximum absolute atomic E-state index is 12.2. The van der Waals surface area contributed by atoms with Crippen LogP contribution in [0.25, 0.3) is 0 Å². The molecule has 0 radical (unpaired) electrons. The van der Waals surface area contributed by atoms with Crippen molar-refractivity contribution in [2.24, 2.45) is 11.8 Å². The van der Waals surface area contributed by atoms with Gasteiger partial charge in [-0.1, -0.05) is 19.4 Å². The molecule has 1 aliphatic carbocycles. The van der Waals surface area contributed by atoms with Crippen LogP contribution in [0.1, 0.15) is 51.1 Å². The van der Waals surface area contributed by atoms with Crippen molar-refractivity contribution in [3.05, 3.63) is 30.1 Å². The van der Waals surface area contributed by atoms with Gasteiger partial charge in [0.15, 0.2) is 0 Å². The van der Waals surface area contributed by atoms with E-state index < -0.39 is 0 Å². The van der Waals surface area contributed by atoms with E-state index >= 15 is 0 Å². The number of unbranched alkanes of at least 4 members (excludes halogenated alkanes) is 1. The molecule has 1 aliphatic rings. The summed E-state index contributed by atoms with van der Waals surface area (Å²) in [7, 11) is 0. The maximum Gasteiger partial charge on any atom is 0.223 e. The molecule has 5 nitrogen and oxygen atoms in total. The highest BCUT2D eigenvalue weighted by atomic mass is 16.2. The second-order valence-electron chi connectivity index (χ2n) is 6.23. The molecule has 126 valence electrons. The second-order valence-corrected chi connectivity index (χ2v) is 6.23. The van der Waals surface area contributed by atoms with Crippen molar-refractivity contribution in [2.75, 3.05) is 6.54 Å². The quantitative estimate of drug-likeness (QED) is 0.759. The number of hydrogen-bond donors (Lipinski definition) is 2. The summed E-state index contributed by atoms with van der Waals surface area (Å²) in [6.07, 6.45) is 7.03. The lowest BCUT2D eigenvalue weighted by molar-refractivity contribution is -0.130. The minimum Gasteiger partial charge on any atom is -0.356 e. The molecule has 23 heavy (non-hydrogen) atoms. The van der Waals surface area contributed by atoms with Crippen molar-refractivity contribution in [2.45, 2.75) is 52.0 Å². The number of amides is 2. The first-order valence-electron chi connectivity index (χ1n) is 8.66. The Morgan fingerprint density at radius 3 is 2.30 bits per heavy atom. The summed E-state index contributed by atoms with van der Waals surface area (Å²) in [6, 6.07) is 5.67. The molecule has 1 heterocycles. The maximum atomic E-state index is 12.2. The zero-order chi connectivity index (χ0) is 16.5. The standard InChI is InChI=1S/C18H27N3O2/c1-2-3-11-20-17(22)14-7-9-15(10-8-14)18(23)21-13-16-6-4-5-12-19-16/h4-6,12,14-15H,2-3,7-11,13H2,1H3,(H,20,22)(H,21,23). The molecular formula is C18H27N3O2. The molecule has 1 fully saturated rings. The molecule has 1 aromatic rings. The van der Waals surface area contributed by atoms with Gasteiger partial charge < -0.3 is 10.6 Å². The summed E-state index contributed by atoms with van der Waals surface area (Å²) < 4.78 is 0. The van der Waals surface area contributed by atoms with Gasteiger partial charge >= 0.3 is 0 Å². The number of carbonyl (C=O) groups excluding carboxylic acids is 2. The van der Waals surface area contributed by atoms with E-state index in [1.54, 1.807) is 6.20 Å². The van der Waals surface area contributed by atoms with Gasteiger partial charge in [0, 0.05) is 24.6 Å². The lowest BCUT2D eigenvalue weighted by Crippen LogP contribution is -2.37. The number of nitrogens with one attached hydrogen (secondary N) is 2. The van der Waals surface area contributed by atoms with Crippen LogP contribution in [0, 0.1) is 11.8 Å². The van der Waals surface area contributed by atoms with E-state index in [2.05, 4.69) is 22.5 Å². The Morgan fingerprint density at radius 2 is 1.74 bits per heavy atom. The first-order valence-corrected chi connectivity index (χ1v) is 8.66. The van der Waals surface area contributed by atoms with Gasteiger partial charge in [-0.25, -0.2) is 0 Å². The van der Waals surface area contributed by atoms with Crippen LogP contribution < -0.4 is 10.6 Å². The van der Waals surface area contributed by atoms with Crippen LogP contribution >= 0.6 is 0 Å². The third kappa shape index (κ3) is 5.66. The molecule has 0 saturated heterocycles. The Balaban J connectivity index is 1.69. The van der Waals surface area contributed by atoms with Crippen LogP contribution in [0.15, 0.2) is 24.4 Å². The molecule has 0 atom stereocenters. The van der Waals surface area contributed by atoms with Crippen molar-refractivity contribution in [1.82, 2.24) is 15.6 Å². The first-order chi connectivity index (χ1) is 11.2. The smallest absolute Gasteiger partial charge is 0.223 e. The second kappa shape index (κ2) is 9.28. The predicted octanol–water partition coefficient (Wildman–Crippen LogP) is 2.42. The first kappa shape index (κ1) is 17.4. The van der Waals surface area contributed by atoms with Gasteiger partial charge in [0.2, 0.25) is 11.8 Å². The molecule has 2 amide bonds. The number of nitrogens with zero attached hydrogens (tertiary/aromatic N) is 1. The summed E-state index contributed by atoms with van der Waals surface area (Å²) in [4.78, 5) is 28.5. The zero-order valence-electron chi connectivity index (χ0n) is 13.9. The van der Waals surface area contributed by atoms with Crippen LogP contribution in [0.4, 0.5) is 0 Å². The van der Waals surface area contributed by atoms with Crippen molar-refractivity contribution in [3.8, 4) is 0 Å². The number of hydrogen-bond acceptors (Lipinski definition) is 3. The van der Waals surface area contributed by atoms with Gasteiger partial charge in [0.25, 0.3) is 0 Å². The zero-order valence-corrected chi connectivity index (χ0v) is 13.9. The number of aromatic nitrogens is 1. The van der Waals surface area contributed by atoms with E-state index in [9.17, 15) is 9.59 Å². The lowest BCUT2D eigenvalue weighted by Gasteiger charge is -2.27. The fourth-order valence-electron chi connectivity index (χ4n) is 2.98. The van der Waals surface area contributed by atoms with Crippen molar-refractivity contribution in [3.63, 3.8) is 0 Å². The van der Waals surface area contributed by atoms with Crippen LogP contribution in [0.5, 0.6) is 0 Å². The van der Waals surface area contributed by atoms with Gasteiger partial charge in [0.05, 0.1) is 12.2 Å². The van der Waals surface area contributed by atoms with E-state index in [-0.39, 0.29) is 23.7 Å². The third-order valence-electron chi connectivity index (χ3n) is 4.47. The summed E-state index contributed by atoms with van der Waals surface area (Å²) in [5.41, 5.74) is 0.866. The van der Waals surface area contributed by atoms with Crippen LogP contribution in [0.2, 0.25) is 0 Å². The molecule has 0 spiro atoms. The Labute approximate surface area is 138 Å². The largest absolute Gasteiger partial charge is 0.356 e. The van der Waals surface area contributed by atoms with Crippen molar-refractivity contribution in [1.29, 1.82) is 0 Å². The Bertz CT molecular complexity index is 496. The Hall–Kier alpha value is -1.91. The summed E-state index contributed by atoms with van der Waals surface area (Å²) >= 11 is 0. The van der Waals surface area contributed by atoms with E-state index in [0.29, 0.717) is 6.54 Å². The van der Waals surface area contributed by atoms with Gasteiger partial charge in [0.1, 0.15) is 0 Å². The van der Waals surface area contributed by atoms with Gasteiger partial charge in [-0.2, -0.15) is 0 Å². The topological polar surface area (TPSA) is 71.1 Å². The molecule has 2 rings (SSSR count). The summed E-state index contributed by atoms with van der Waals surface area (Å²) in [5, 5.41) is 5.95. The highest BCUT2D eigenvalue weighted by molar-refractivity contribution is 5.81. The lowest BCUT2D eigenvalue weighted by atomic mass is 9.81. The highest BCUT2D eigenvalue weighted by Crippen LogP contribution is 2.29. The fourth-order valence-corrected chi connectivity index (χ4v) is 2.98. The summed E-state index contributed by atoms with van der Waals surface area (Å²) in [5.74, 6) is 0.344. The molecular weight excluding hydrogens is 290 g/mol. The fraction of sp³-hybridized carbons (Fsp3) is 0.611. The van der Waals surface area contributed by atoms with Gasteiger partial charge in [-0.05, 0) is 44.2 Å². The van der Waals surface area contributed by atoms with E-state index in [4.69, 9.17) is 0 Å². The molecule has 0 unspecified atom stereocenters. The molecule has 0 bridgehead atoms. The summed E-state index contributed by atoms with van der Waals surface area (Å²) in [6.45, 7) is 3.35. The average molecular weight is 317 g/mol. The predicted molar refractivity (Wildman–Crippen MR) is 89.4 cm³/mol. The third-order valence-corrected chi connectivity index (χ3v) is 4.47. The average Bonchev–Trinajstić information content (AvgIpc) is 2.61. The van der Waals surface area contributed by atoms with Crippen molar-refractivity contribution < 1.29 is 9.59 Å². The number of rotatable bonds is 7. The Morgan fingerprint density at radius 1 is 1.09 bits per heavy atom. The normalized spacial score (nSPS) is 20.7. The minimum atomic E-state index is 0.0263. The van der Waals surface area contributed by atoms with Crippen LogP contribution in [0.3, 0.4) is 0 Å². The molecule has 1 saturated carbocycles. The van der Waals surface area contributed by atoms with Gasteiger partial charge in [-0.3, -0.25) is 14.6 Å². The molecule has 0 aromatic carbocycles. The number of carbonyl (C=O) groups is 2. The van der Waals surface area contributed by atoms with Crippen LogP contribution in [-0.2, 0) is 16.1 Å². The van der Waals surface area contributed by atoms with Crippen molar-refractivity contribution >= 4 is 11.8 Å². The Kier molecular flexibility index (Phi) is 7.04. The molecule has 0 aliphatic heterocycles. The van der Waals surface area contributed by atoms with E-state index in [1.165, 1.54) is 0 Å². The highest BCUT2D eigenvalue weighted by Gasteiger charge is 2.29. The number of pyridine rings is 1. The minimum absolute atomic E-state index is 0.0263. The van der Waals surface area contributed by atoms with Crippen LogP contribution in [-0.4, -0.2) is 23.3 Å². The molecule has 2 N–H and O–H groups in total. The molecule has 1 aromatic heterocycles. The SMILES string of the molecule is CCCCNC(=O)C1CCC(C(=O)NCc2ccccn2)CC1. The van der Waals surface area contributed by atoms with E-state index in [1.807, 2.05) is 18.2 Å². The monoisotopic (exact) mass is 317 g/mol. The van der Waals surface area contributed by atoms with Gasteiger partial charge in [-0.15, -0.1) is 0 Å². The molecule has 5 heteroatoms.